The fourth-order valence-electron chi connectivity index (χ4n) is 4.12. The minimum absolute atomic E-state index is 0.0529. The van der Waals surface area contributed by atoms with Gasteiger partial charge in [-0.15, -0.1) is 0 Å². The van der Waals surface area contributed by atoms with E-state index in [2.05, 4.69) is 10.6 Å². The van der Waals surface area contributed by atoms with Crippen LogP contribution in [0, 0.1) is 0 Å². The first-order chi connectivity index (χ1) is 15.5. The van der Waals surface area contributed by atoms with Crippen LogP contribution in [0.3, 0.4) is 0 Å². The lowest BCUT2D eigenvalue weighted by molar-refractivity contribution is -0.143. The van der Waals surface area contributed by atoms with Gasteiger partial charge in [-0.05, 0) is 24.6 Å². The van der Waals surface area contributed by atoms with E-state index in [1.54, 1.807) is 30.0 Å². The molecule has 0 unspecified atom stereocenters. The molecule has 2 aliphatic heterocycles. The number of hydrogen-bond donors (Lipinski definition) is 2. The Hall–Kier alpha value is -3.55. The summed E-state index contributed by atoms with van der Waals surface area (Å²) in [4.78, 5) is 39.3. The van der Waals surface area contributed by atoms with Crippen molar-refractivity contribution < 1.29 is 23.9 Å². The molecular weight excluding hydrogens is 410 g/mol. The largest absolute Gasteiger partial charge is 0.467 e. The first-order valence-corrected chi connectivity index (χ1v) is 10.9. The van der Waals surface area contributed by atoms with Gasteiger partial charge in [0, 0.05) is 25.9 Å². The molecule has 2 aromatic rings. The average Bonchev–Trinajstić information content (AvgIpc) is 2.80. The second kappa shape index (κ2) is 9.30. The van der Waals surface area contributed by atoms with Gasteiger partial charge in [0.1, 0.15) is 5.75 Å². The number of para-hydroxylation sites is 1. The van der Waals surface area contributed by atoms with Gasteiger partial charge in [0.25, 0.3) is 5.91 Å². The molecule has 1 spiro atoms. The van der Waals surface area contributed by atoms with Crippen molar-refractivity contribution in [1.29, 1.82) is 0 Å². The monoisotopic (exact) mass is 437 g/mol. The summed E-state index contributed by atoms with van der Waals surface area (Å²) >= 11 is 0. The molecule has 4 rings (SSSR count). The molecule has 2 aliphatic rings. The fraction of sp³-hybridized carbons (Fsp3) is 0.375. The molecule has 1 atom stereocenters. The van der Waals surface area contributed by atoms with Gasteiger partial charge in [0.2, 0.25) is 0 Å². The third-order valence-corrected chi connectivity index (χ3v) is 5.81. The molecule has 0 aliphatic carbocycles. The summed E-state index contributed by atoms with van der Waals surface area (Å²) in [6, 6.07) is 15.8. The smallest absolute Gasteiger partial charge is 0.317 e. The first kappa shape index (κ1) is 21.7. The molecule has 8 heteroatoms. The molecule has 0 radical (unpaired) electrons. The third kappa shape index (κ3) is 4.69. The number of carbonyl (C=O) groups excluding carboxylic acids is 3. The van der Waals surface area contributed by atoms with Crippen molar-refractivity contribution in [3.63, 3.8) is 0 Å². The van der Waals surface area contributed by atoms with Crippen LogP contribution in [0.5, 0.6) is 5.75 Å². The van der Waals surface area contributed by atoms with Gasteiger partial charge in [-0.3, -0.25) is 9.59 Å². The van der Waals surface area contributed by atoms with E-state index in [-0.39, 0.29) is 30.9 Å². The Morgan fingerprint density at radius 3 is 2.53 bits per heavy atom. The number of piperidine rings is 1. The molecular formula is C24H27N3O5. The predicted molar refractivity (Wildman–Crippen MR) is 117 cm³/mol. The number of amides is 3. The Kier molecular flexibility index (Phi) is 6.30. The van der Waals surface area contributed by atoms with Crippen LogP contribution in [-0.2, 0) is 9.53 Å². The van der Waals surface area contributed by atoms with Crippen molar-refractivity contribution >= 4 is 17.9 Å². The van der Waals surface area contributed by atoms with Gasteiger partial charge in [-0.25, -0.2) is 4.79 Å². The van der Waals surface area contributed by atoms with Crippen LogP contribution in [0.25, 0.3) is 0 Å². The highest BCUT2D eigenvalue weighted by atomic mass is 16.5. The molecule has 2 heterocycles. The van der Waals surface area contributed by atoms with E-state index in [1.165, 1.54) is 0 Å². The van der Waals surface area contributed by atoms with Crippen LogP contribution in [0.1, 0.15) is 48.1 Å². The predicted octanol–water partition coefficient (Wildman–Crippen LogP) is 3.01. The number of likely N-dealkylation sites (tertiary alicyclic amines) is 1. The molecule has 168 valence electrons. The zero-order valence-electron chi connectivity index (χ0n) is 18.0. The van der Waals surface area contributed by atoms with Gasteiger partial charge in [0.05, 0.1) is 24.6 Å². The summed E-state index contributed by atoms with van der Waals surface area (Å²) in [7, 11) is 0. The molecule has 3 amide bonds. The number of nitrogens with zero attached hydrogens (tertiary/aromatic N) is 1. The number of urea groups is 1. The molecule has 1 fully saturated rings. The van der Waals surface area contributed by atoms with E-state index in [1.807, 2.05) is 36.4 Å². The van der Waals surface area contributed by atoms with E-state index in [9.17, 15) is 14.4 Å². The zero-order valence-corrected chi connectivity index (χ0v) is 18.0. The summed E-state index contributed by atoms with van der Waals surface area (Å²) in [5, 5.41) is 5.94. The minimum Gasteiger partial charge on any atom is -0.467 e. The number of nitrogens with one attached hydrogen (secondary N) is 2. The third-order valence-electron chi connectivity index (χ3n) is 5.81. The van der Waals surface area contributed by atoms with Crippen molar-refractivity contribution in [2.75, 3.05) is 19.7 Å². The van der Waals surface area contributed by atoms with Gasteiger partial charge in [-0.1, -0.05) is 42.5 Å². The summed E-state index contributed by atoms with van der Waals surface area (Å²) in [5.41, 5.74) is 0.538. The quantitative estimate of drug-likeness (QED) is 0.701. The van der Waals surface area contributed by atoms with E-state index in [0.29, 0.717) is 37.2 Å². The maximum absolute atomic E-state index is 13.0. The van der Waals surface area contributed by atoms with Crippen molar-refractivity contribution in [2.45, 2.75) is 38.0 Å². The fourth-order valence-corrected chi connectivity index (χ4v) is 4.12. The lowest BCUT2D eigenvalue weighted by Gasteiger charge is -2.44. The topological polar surface area (TPSA) is 97.0 Å². The second-order valence-corrected chi connectivity index (χ2v) is 7.96. The van der Waals surface area contributed by atoms with Crippen molar-refractivity contribution in [1.82, 2.24) is 15.5 Å². The van der Waals surface area contributed by atoms with Crippen LogP contribution >= 0.6 is 0 Å². The Labute approximate surface area is 186 Å². The van der Waals surface area contributed by atoms with E-state index in [0.717, 1.165) is 5.56 Å². The van der Waals surface area contributed by atoms with Gasteiger partial charge < -0.3 is 25.0 Å². The highest BCUT2D eigenvalue weighted by Gasteiger charge is 2.43. The lowest BCUT2D eigenvalue weighted by atomic mass is 9.97. The van der Waals surface area contributed by atoms with Gasteiger partial charge in [0.15, 0.2) is 5.72 Å². The Bertz CT molecular complexity index is 986. The Balaban J connectivity index is 1.40. The average molecular weight is 437 g/mol. The highest BCUT2D eigenvalue weighted by molar-refractivity contribution is 5.98. The first-order valence-electron chi connectivity index (χ1n) is 10.9. The van der Waals surface area contributed by atoms with Crippen LogP contribution in [0.15, 0.2) is 54.6 Å². The summed E-state index contributed by atoms with van der Waals surface area (Å²) < 4.78 is 11.2. The highest BCUT2D eigenvalue weighted by Crippen LogP contribution is 2.33. The number of esters is 1. The maximum atomic E-state index is 13.0. The molecule has 2 N–H and O–H groups in total. The number of fused-ring (bicyclic) bond motifs is 1. The number of rotatable bonds is 5. The van der Waals surface area contributed by atoms with Gasteiger partial charge >= 0.3 is 12.0 Å². The summed E-state index contributed by atoms with van der Waals surface area (Å²) in [6.45, 7) is 2.86. The number of ether oxygens (including phenoxy) is 2. The summed E-state index contributed by atoms with van der Waals surface area (Å²) in [6.07, 6.45) is 0.986. The normalized spacial score (nSPS) is 17.5. The summed E-state index contributed by atoms with van der Waals surface area (Å²) in [5.74, 6) is 0.0345. The standard InChI is InChI=1S/C24H27N3O5/c1-2-31-21(28)16-19(17-8-4-3-5-9-17)25-23(30)27-14-12-24(13-15-27)26-22(29)18-10-6-7-11-20(18)32-24/h3-11,19H,2,12-16H2,1H3,(H,25,30)(H,26,29)/t19-/m1/s1. The van der Waals surface area contributed by atoms with E-state index in [4.69, 9.17) is 9.47 Å². The Morgan fingerprint density at radius 2 is 1.81 bits per heavy atom. The van der Waals surface area contributed by atoms with Crippen LogP contribution < -0.4 is 15.4 Å². The van der Waals surface area contributed by atoms with Crippen LogP contribution in [-0.4, -0.2) is 48.2 Å². The van der Waals surface area contributed by atoms with Crippen molar-refractivity contribution in [3.8, 4) is 5.75 Å². The molecule has 0 bridgehead atoms. The number of carbonyl (C=O) groups is 3. The molecule has 0 aromatic heterocycles. The SMILES string of the molecule is CCOC(=O)C[C@@H](NC(=O)N1CCC2(CC1)NC(=O)c1ccccc1O2)c1ccccc1. The molecule has 8 nitrogen and oxygen atoms in total. The van der Waals surface area contributed by atoms with Crippen molar-refractivity contribution in [2.24, 2.45) is 0 Å². The van der Waals surface area contributed by atoms with Crippen LogP contribution in [0.2, 0.25) is 0 Å². The molecule has 0 saturated carbocycles. The molecule has 1 saturated heterocycles. The van der Waals surface area contributed by atoms with Crippen molar-refractivity contribution in [3.05, 3.63) is 65.7 Å². The second-order valence-electron chi connectivity index (χ2n) is 7.96. The lowest BCUT2D eigenvalue weighted by Crippen LogP contribution is -2.62. The maximum Gasteiger partial charge on any atom is 0.317 e. The van der Waals surface area contributed by atoms with Gasteiger partial charge in [-0.2, -0.15) is 0 Å². The van der Waals surface area contributed by atoms with Crippen LogP contribution in [0.4, 0.5) is 4.79 Å². The number of benzene rings is 2. The van der Waals surface area contributed by atoms with E-state index < -0.39 is 11.8 Å². The zero-order chi connectivity index (χ0) is 22.6. The number of hydrogen-bond acceptors (Lipinski definition) is 5. The minimum atomic E-state index is -0.814. The molecule has 2 aromatic carbocycles. The molecule has 32 heavy (non-hydrogen) atoms. The van der Waals surface area contributed by atoms with E-state index >= 15 is 0 Å². The Morgan fingerprint density at radius 1 is 1.12 bits per heavy atom.